The Morgan fingerprint density at radius 2 is 2.25 bits per heavy atom. The molecule has 2 amide bonds. The van der Waals surface area contributed by atoms with Gasteiger partial charge in [0.2, 0.25) is 11.8 Å². The molecule has 0 bridgehead atoms. The highest BCUT2D eigenvalue weighted by molar-refractivity contribution is 6.32. The van der Waals surface area contributed by atoms with Gasteiger partial charge in [-0.3, -0.25) is 9.59 Å². The fourth-order valence-electron chi connectivity index (χ4n) is 2.55. The predicted octanol–water partition coefficient (Wildman–Crippen LogP) is 0.529. The highest BCUT2D eigenvalue weighted by Crippen LogP contribution is 2.25. The number of carbonyl (C=O) groups is 2. The molecule has 0 spiro atoms. The van der Waals surface area contributed by atoms with Crippen LogP contribution in [0.25, 0.3) is 0 Å². The molecule has 1 aromatic rings. The quantitative estimate of drug-likeness (QED) is 0.692. The van der Waals surface area contributed by atoms with Gasteiger partial charge in [0.05, 0.1) is 17.6 Å². The summed E-state index contributed by atoms with van der Waals surface area (Å²) in [5.74, 6) is 0.221. The Morgan fingerprint density at radius 1 is 1.50 bits per heavy atom. The summed E-state index contributed by atoms with van der Waals surface area (Å²) in [5.41, 5.74) is 5.74. The van der Waals surface area contributed by atoms with Crippen LogP contribution >= 0.6 is 11.6 Å². The zero-order valence-electron chi connectivity index (χ0n) is 14.0. The van der Waals surface area contributed by atoms with Gasteiger partial charge in [0.15, 0.2) is 0 Å². The van der Waals surface area contributed by atoms with Crippen molar-refractivity contribution in [2.45, 2.75) is 32.4 Å². The van der Waals surface area contributed by atoms with E-state index in [0.29, 0.717) is 11.6 Å². The second-order valence-corrected chi connectivity index (χ2v) is 6.70. The van der Waals surface area contributed by atoms with Crippen molar-refractivity contribution in [1.29, 1.82) is 0 Å². The summed E-state index contributed by atoms with van der Waals surface area (Å²) in [6.07, 6.45) is 2.50. The molecule has 1 aromatic heterocycles. The van der Waals surface area contributed by atoms with Gasteiger partial charge in [0.25, 0.3) is 0 Å². The van der Waals surface area contributed by atoms with Crippen LogP contribution in [0.1, 0.15) is 20.3 Å². The first-order valence-electron chi connectivity index (χ1n) is 8.06. The summed E-state index contributed by atoms with van der Waals surface area (Å²) in [7, 11) is 0. The van der Waals surface area contributed by atoms with E-state index in [1.807, 2.05) is 18.7 Å². The molecule has 132 valence electrons. The molecule has 2 atom stereocenters. The topological polar surface area (TPSA) is 100 Å². The van der Waals surface area contributed by atoms with Gasteiger partial charge in [-0.2, -0.15) is 0 Å². The van der Waals surface area contributed by atoms with E-state index in [-0.39, 0.29) is 30.3 Å². The normalized spacial score (nSPS) is 18.5. The van der Waals surface area contributed by atoms with Gasteiger partial charge in [-0.1, -0.05) is 25.4 Å². The monoisotopic (exact) mass is 353 g/mol. The molecule has 4 N–H and O–H groups in total. The lowest BCUT2D eigenvalue weighted by molar-refractivity contribution is -0.127. The fourth-order valence-corrected chi connectivity index (χ4v) is 2.79. The van der Waals surface area contributed by atoms with Crippen LogP contribution in [0.5, 0.6) is 0 Å². The van der Waals surface area contributed by atoms with Gasteiger partial charge in [0, 0.05) is 25.3 Å². The maximum absolute atomic E-state index is 12.0. The zero-order chi connectivity index (χ0) is 17.7. The maximum atomic E-state index is 12.0. The van der Waals surface area contributed by atoms with E-state index in [9.17, 15) is 9.59 Å². The van der Waals surface area contributed by atoms with E-state index in [4.69, 9.17) is 17.3 Å². The molecule has 24 heavy (non-hydrogen) atoms. The van der Waals surface area contributed by atoms with Crippen LogP contribution in [-0.4, -0.2) is 48.5 Å². The lowest BCUT2D eigenvalue weighted by Gasteiger charge is -2.19. The lowest BCUT2D eigenvalue weighted by atomic mass is 10.1. The fraction of sp³-hybridized carbons (Fsp3) is 0.562. The van der Waals surface area contributed by atoms with Gasteiger partial charge >= 0.3 is 0 Å². The molecule has 0 aliphatic carbocycles. The second kappa shape index (κ2) is 8.30. The van der Waals surface area contributed by atoms with Crippen molar-refractivity contribution in [3.05, 3.63) is 23.4 Å². The molecule has 2 rings (SSSR count). The van der Waals surface area contributed by atoms with Crippen LogP contribution in [-0.2, 0) is 9.59 Å². The van der Waals surface area contributed by atoms with Crippen molar-refractivity contribution in [2.24, 2.45) is 11.7 Å². The Bertz CT molecular complexity index is 596. The van der Waals surface area contributed by atoms with Crippen molar-refractivity contribution >= 4 is 29.2 Å². The number of hydrogen-bond donors (Lipinski definition) is 3. The number of hydrogen-bond acceptors (Lipinski definition) is 5. The standard InChI is InChI=1S/C16H24ClN5O2/c1-10(2)14(18)16(24)20-8-13(23)21-11-5-7-22(9-11)15-12(17)4-3-6-19-15/h3-4,6,10-11,14H,5,7-9,18H2,1-2H3,(H,20,24)(H,21,23)/t11?,14-/m0/s1. The number of rotatable bonds is 6. The number of nitrogens with two attached hydrogens (primary N) is 1. The Balaban J connectivity index is 1.78. The van der Waals surface area contributed by atoms with Crippen LogP contribution < -0.4 is 21.3 Å². The van der Waals surface area contributed by atoms with Crippen LogP contribution in [0.3, 0.4) is 0 Å². The number of aromatic nitrogens is 1. The summed E-state index contributed by atoms with van der Waals surface area (Å²) < 4.78 is 0. The van der Waals surface area contributed by atoms with E-state index in [2.05, 4.69) is 15.6 Å². The van der Waals surface area contributed by atoms with Crippen molar-refractivity contribution in [1.82, 2.24) is 15.6 Å². The van der Waals surface area contributed by atoms with E-state index < -0.39 is 6.04 Å². The van der Waals surface area contributed by atoms with Crippen LogP contribution in [0.15, 0.2) is 18.3 Å². The number of nitrogens with zero attached hydrogens (tertiary/aromatic N) is 2. The van der Waals surface area contributed by atoms with Crippen molar-refractivity contribution in [2.75, 3.05) is 24.5 Å². The number of amides is 2. The summed E-state index contributed by atoms with van der Waals surface area (Å²) in [6.45, 7) is 5.06. The Kier molecular flexibility index (Phi) is 6.39. The smallest absolute Gasteiger partial charge is 0.239 e. The molecule has 0 aromatic carbocycles. The molecule has 8 heteroatoms. The first-order chi connectivity index (χ1) is 11.4. The highest BCUT2D eigenvalue weighted by atomic mass is 35.5. The van der Waals surface area contributed by atoms with Crippen molar-refractivity contribution in [3.63, 3.8) is 0 Å². The molecule has 1 aliphatic heterocycles. The van der Waals surface area contributed by atoms with Crippen LogP contribution in [0.4, 0.5) is 5.82 Å². The highest BCUT2D eigenvalue weighted by Gasteiger charge is 2.26. The van der Waals surface area contributed by atoms with Crippen molar-refractivity contribution < 1.29 is 9.59 Å². The third kappa shape index (κ3) is 4.82. The third-order valence-corrected chi connectivity index (χ3v) is 4.33. The van der Waals surface area contributed by atoms with Crippen molar-refractivity contribution in [3.8, 4) is 0 Å². The lowest BCUT2D eigenvalue weighted by Crippen LogP contribution is -2.48. The zero-order valence-corrected chi connectivity index (χ0v) is 14.7. The Hall–Kier alpha value is -1.86. The van der Waals surface area contributed by atoms with E-state index in [1.54, 1.807) is 18.3 Å². The van der Waals surface area contributed by atoms with Gasteiger partial charge in [0.1, 0.15) is 5.82 Å². The minimum Gasteiger partial charge on any atom is -0.353 e. The second-order valence-electron chi connectivity index (χ2n) is 6.30. The minimum atomic E-state index is -0.605. The maximum Gasteiger partial charge on any atom is 0.239 e. The van der Waals surface area contributed by atoms with E-state index >= 15 is 0 Å². The molecule has 0 saturated carbocycles. The van der Waals surface area contributed by atoms with Gasteiger partial charge in [-0.25, -0.2) is 4.98 Å². The SMILES string of the molecule is CC(C)[C@H](N)C(=O)NCC(=O)NC1CCN(c2ncccc2Cl)C1. The van der Waals surface area contributed by atoms with Crippen LogP contribution in [0, 0.1) is 5.92 Å². The molecule has 1 saturated heterocycles. The minimum absolute atomic E-state index is 0.00578. The molecule has 1 unspecified atom stereocenters. The summed E-state index contributed by atoms with van der Waals surface area (Å²) in [6, 6.07) is 2.98. The molecule has 1 fully saturated rings. The Labute approximate surface area is 146 Å². The molecule has 2 heterocycles. The van der Waals surface area contributed by atoms with Gasteiger partial charge in [-0.05, 0) is 24.5 Å². The summed E-state index contributed by atoms with van der Waals surface area (Å²) in [5, 5.41) is 6.08. The molecular weight excluding hydrogens is 330 g/mol. The third-order valence-electron chi connectivity index (χ3n) is 4.04. The average Bonchev–Trinajstić information content (AvgIpc) is 3.00. The Morgan fingerprint density at radius 3 is 2.92 bits per heavy atom. The predicted molar refractivity (Wildman–Crippen MR) is 93.8 cm³/mol. The average molecular weight is 354 g/mol. The van der Waals surface area contributed by atoms with Gasteiger partial charge in [-0.15, -0.1) is 0 Å². The van der Waals surface area contributed by atoms with E-state index in [1.165, 1.54) is 0 Å². The summed E-state index contributed by atoms with van der Waals surface area (Å²) in [4.78, 5) is 30.1. The summed E-state index contributed by atoms with van der Waals surface area (Å²) >= 11 is 6.15. The number of halogens is 1. The first kappa shape index (κ1) is 18.5. The van der Waals surface area contributed by atoms with E-state index in [0.717, 1.165) is 18.8 Å². The van der Waals surface area contributed by atoms with Gasteiger partial charge < -0.3 is 21.3 Å². The number of pyridine rings is 1. The largest absolute Gasteiger partial charge is 0.353 e. The first-order valence-corrected chi connectivity index (χ1v) is 8.44. The molecule has 0 radical (unpaired) electrons. The number of anilines is 1. The number of carbonyl (C=O) groups excluding carboxylic acids is 2. The molecular formula is C16H24ClN5O2. The molecule has 7 nitrogen and oxygen atoms in total. The number of nitrogens with one attached hydrogen (secondary N) is 2. The van der Waals surface area contributed by atoms with Crippen LogP contribution in [0.2, 0.25) is 5.02 Å². The molecule has 1 aliphatic rings.